The van der Waals surface area contributed by atoms with Crippen LogP contribution in [0.2, 0.25) is 0 Å². The zero-order valence-corrected chi connectivity index (χ0v) is 12.4. The molecular weight excluding hydrogens is 264 g/mol. The first-order valence-corrected chi connectivity index (χ1v) is 7.94. The van der Waals surface area contributed by atoms with Gasteiger partial charge in [-0.25, -0.2) is 0 Å². The Labute approximate surface area is 119 Å². The van der Waals surface area contributed by atoms with E-state index in [-0.39, 0.29) is 0 Å². The number of aryl methyl sites for hydroxylation is 1. The van der Waals surface area contributed by atoms with Gasteiger partial charge in [0.15, 0.2) is 0 Å². The van der Waals surface area contributed by atoms with Gasteiger partial charge >= 0.3 is 0 Å². The van der Waals surface area contributed by atoms with E-state index in [1.807, 2.05) is 6.26 Å². The summed E-state index contributed by atoms with van der Waals surface area (Å²) in [6.45, 7) is 0.757. The fourth-order valence-electron chi connectivity index (χ4n) is 2.64. The van der Waals surface area contributed by atoms with E-state index < -0.39 is 0 Å². The van der Waals surface area contributed by atoms with Crippen LogP contribution in [0.25, 0.3) is 0 Å². The molecule has 0 fully saturated rings. The lowest BCUT2D eigenvalue weighted by molar-refractivity contribution is 0.327. The molecule has 100 valence electrons. The second-order valence-electron chi connectivity index (χ2n) is 4.76. The van der Waals surface area contributed by atoms with E-state index in [1.165, 1.54) is 48.9 Å². The maximum absolute atomic E-state index is 5.47. The molecule has 4 heteroatoms. The first-order valence-electron chi connectivity index (χ1n) is 6.42. The summed E-state index contributed by atoms with van der Waals surface area (Å²) >= 11 is 5.18. The molecule has 1 aromatic carbocycles. The standard InChI is InChI=1S/C14H20O2S2/c1-18-16-14-7-6-12-9-11(3-2-8-15-17)4-5-13(12)10-14/h6-7,10-11,17H,2-5,8-9H2,1H3. The van der Waals surface area contributed by atoms with Gasteiger partial charge < -0.3 is 8.37 Å². The van der Waals surface area contributed by atoms with Gasteiger partial charge in [-0.3, -0.25) is 0 Å². The van der Waals surface area contributed by atoms with Crippen LogP contribution >= 0.6 is 25.0 Å². The van der Waals surface area contributed by atoms with Crippen molar-refractivity contribution in [3.63, 3.8) is 0 Å². The monoisotopic (exact) mass is 284 g/mol. The van der Waals surface area contributed by atoms with Crippen molar-refractivity contribution >= 4 is 25.0 Å². The third-order valence-electron chi connectivity index (χ3n) is 3.54. The average Bonchev–Trinajstić information content (AvgIpc) is 2.39. The van der Waals surface area contributed by atoms with Gasteiger partial charge in [-0.1, -0.05) is 6.07 Å². The minimum absolute atomic E-state index is 0.757. The van der Waals surface area contributed by atoms with Crippen molar-refractivity contribution in [2.45, 2.75) is 32.1 Å². The van der Waals surface area contributed by atoms with E-state index in [9.17, 15) is 0 Å². The van der Waals surface area contributed by atoms with E-state index in [2.05, 4.69) is 31.1 Å². The van der Waals surface area contributed by atoms with Gasteiger partial charge in [-0.2, -0.15) is 0 Å². The van der Waals surface area contributed by atoms with Gasteiger partial charge in [0, 0.05) is 6.26 Å². The highest BCUT2D eigenvalue weighted by Crippen LogP contribution is 2.31. The summed E-state index contributed by atoms with van der Waals surface area (Å²) in [5, 5.41) is 0. The van der Waals surface area contributed by atoms with Crippen molar-refractivity contribution in [1.29, 1.82) is 0 Å². The number of hydrogen-bond donors (Lipinski definition) is 1. The van der Waals surface area contributed by atoms with Crippen LogP contribution in [0.4, 0.5) is 0 Å². The van der Waals surface area contributed by atoms with E-state index >= 15 is 0 Å². The molecule has 18 heavy (non-hydrogen) atoms. The molecule has 0 saturated heterocycles. The number of thiol groups is 1. The topological polar surface area (TPSA) is 18.5 Å². The molecule has 1 aliphatic rings. The minimum atomic E-state index is 0.757. The fraction of sp³-hybridized carbons (Fsp3) is 0.571. The van der Waals surface area contributed by atoms with Crippen LogP contribution in [0.1, 0.15) is 30.4 Å². The Morgan fingerprint density at radius 1 is 1.39 bits per heavy atom. The maximum Gasteiger partial charge on any atom is 0.137 e. The molecule has 0 aromatic heterocycles. The predicted octanol–water partition coefficient (Wildman–Crippen LogP) is 4.09. The van der Waals surface area contributed by atoms with Crippen molar-refractivity contribution in [1.82, 2.24) is 0 Å². The Morgan fingerprint density at radius 3 is 3.06 bits per heavy atom. The molecule has 0 heterocycles. The molecule has 2 nitrogen and oxygen atoms in total. The molecule has 0 N–H and O–H groups in total. The summed E-state index contributed by atoms with van der Waals surface area (Å²) in [6, 6.07) is 6.50. The largest absolute Gasteiger partial charge is 0.426 e. The molecule has 0 aliphatic heterocycles. The highest BCUT2D eigenvalue weighted by Gasteiger charge is 2.18. The van der Waals surface area contributed by atoms with Crippen LogP contribution in [0, 0.1) is 5.92 Å². The summed E-state index contributed by atoms with van der Waals surface area (Å²) < 4.78 is 10.3. The maximum atomic E-state index is 5.47. The summed E-state index contributed by atoms with van der Waals surface area (Å²) in [5.74, 6) is 1.77. The molecular formula is C14H20O2S2. The van der Waals surface area contributed by atoms with Gasteiger partial charge in [0.2, 0.25) is 0 Å². The van der Waals surface area contributed by atoms with Crippen LogP contribution < -0.4 is 4.18 Å². The Bertz CT molecular complexity index is 382. The Kier molecular flexibility index (Phi) is 5.73. The van der Waals surface area contributed by atoms with Gasteiger partial charge in [0.05, 0.1) is 18.6 Å². The lowest BCUT2D eigenvalue weighted by Crippen LogP contribution is -2.14. The van der Waals surface area contributed by atoms with E-state index in [0.717, 1.165) is 24.7 Å². The Hall–Kier alpha value is -0.320. The van der Waals surface area contributed by atoms with Crippen molar-refractivity contribution in [2.24, 2.45) is 5.92 Å². The molecule has 0 amide bonds. The lowest BCUT2D eigenvalue weighted by atomic mass is 9.81. The first-order chi connectivity index (χ1) is 8.83. The average molecular weight is 284 g/mol. The summed E-state index contributed by atoms with van der Waals surface area (Å²) in [5.41, 5.74) is 2.95. The quantitative estimate of drug-likeness (QED) is 0.482. The van der Waals surface area contributed by atoms with Crippen LogP contribution in [-0.2, 0) is 17.0 Å². The minimum Gasteiger partial charge on any atom is -0.426 e. The normalized spacial score (nSPS) is 18.4. The number of hydrogen-bond acceptors (Lipinski definition) is 4. The number of rotatable bonds is 6. The molecule has 1 unspecified atom stereocenters. The second-order valence-corrected chi connectivity index (χ2v) is 5.52. The van der Waals surface area contributed by atoms with Gasteiger partial charge in [0.1, 0.15) is 5.75 Å². The smallest absolute Gasteiger partial charge is 0.137 e. The second kappa shape index (κ2) is 7.31. The molecule has 0 bridgehead atoms. The molecule has 1 aliphatic carbocycles. The fourth-order valence-corrected chi connectivity index (χ4v) is 3.06. The molecule has 1 atom stereocenters. The van der Waals surface area contributed by atoms with Gasteiger partial charge in [-0.15, -0.1) is 0 Å². The van der Waals surface area contributed by atoms with Crippen LogP contribution in [0.5, 0.6) is 5.75 Å². The van der Waals surface area contributed by atoms with Crippen molar-refractivity contribution in [2.75, 3.05) is 12.9 Å². The third kappa shape index (κ3) is 3.84. The molecule has 2 rings (SSSR count). The number of fused-ring (bicyclic) bond motifs is 1. The summed E-state index contributed by atoms with van der Waals surface area (Å²) in [7, 11) is 0. The highest BCUT2D eigenvalue weighted by molar-refractivity contribution is 7.94. The number of benzene rings is 1. The van der Waals surface area contributed by atoms with Crippen molar-refractivity contribution < 1.29 is 8.37 Å². The summed E-state index contributed by atoms with van der Waals surface area (Å²) in [6.07, 6.45) is 7.94. The molecule has 0 spiro atoms. The van der Waals surface area contributed by atoms with Crippen molar-refractivity contribution in [3.05, 3.63) is 29.3 Å². The third-order valence-corrected chi connectivity index (χ3v) is 4.08. The Balaban J connectivity index is 1.93. The van der Waals surface area contributed by atoms with E-state index in [0.29, 0.717) is 0 Å². The zero-order chi connectivity index (χ0) is 12.8. The van der Waals surface area contributed by atoms with Gasteiger partial charge in [-0.05, 0) is 74.2 Å². The Morgan fingerprint density at radius 2 is 2.28 bits per heavy atom. The van der Waals surface area contributed by atoms with Crippen molar-refractivity contribution in [3.8, 4) is 5.75 Å². The molecule has 1 aromatic rings. The molecule has 0 saturated carbocycles. The highest BCUT2D eigenvalue weighted by atomic mass is 32.2. The van der Waals surface area contributed by atoms with Crippen LogP contribution in [0.15, 0.2) is 18.2 Å². The van der Waals surface area contributed by atoms with E-state index in [1.54, 1.807) is 0 Å². The predicted molar refractivity (Wildman–Crippen MR) is 80.3 cm³/mol. The van der Waals surface area contributed by atoms with E-state index in [4.69, 9.17) is 8.37 Å². The summed E-state index contributed by atoms with van der Waals surface area (Å²) in [4.78, 5) is 0. The SMILES string of the molecule is CSOc1ccc2c(c1)CCC(CCCOS)C2. The zero-order valence-electron chi connectivity index (χ0n) is 10.7. The van der Waals surface area contributed by atoms with Crippen LogP contribution in [0.3, 0.4) is 0 Å². The molecule has 0 radical (unpaired) electrons. The van der Waals surface area contributed by atoms with Crippen LogP contribution in [-0.4, -0.2) is 12.9 Å². The van der Waals surface area contributed by atoms with Gasteiger partial charge in [0.25, 0.3) is 0 Å². The lowest BCUT2D eigenvalue weighted by Gasteiger charge is -2.24. The first kappa shape index (κ1) is 14.1.